The molecule has 0 unspecified atom stereocenters. The van der Waals surface area contributed by atoms with Crippen LogP contribution in [0.2, 0.25) is 0 Å². The van der Waals surface area contributed by atoms with Crippen LogP contribution in [-0.2, 0) is 0 Å². The zero-order valence-corrected chi connectivity index (χ0v) is 25.3. The Morgan fingerprint density at radius 1 is 0.319 bits per heavy atom. The Morgan fingerprint density at radius 2 is 0.851 bits per heavy atom. The summed E-state index contributed by atoms with van der Waals surface area (Å²) >= 11 is 0. The number of benzene rings is 7. The monoisotopic (exact) mass is 601 g/mol. The minimum Gasteiger partial charge on any atom is -0.456 e. The minimum atomic E-state index is 0.606. The van der Waals surface area contributed by atoms with Crippen LogP contribution in [0.5, 0.6) is 11.5 Å². The molecule has 1 aliphatic heterocycles. The Kier molecular flexibility index (Phi) is 6.43. The fraction of sp³-hybridized carbons (Fsp3) is 0. The Labute approximate surface area is 272 Å². The highest BCUT2D eigenvalue weighted by atomic mass is 16.5. The molecule has 220 valence electrons. The van der Waals surface area contributed by atoms with Crippen molar-refractivity contribution in [2.24, 2.45) is 0 Å². The molecule has 0 atom stereocenters. The molecular formula is C43H27N3O. The Morgan fingerprint density at radius 3 is 1.49 bits per heavy atom. The lowest BCUT2D eigenvalue weighted by Crippen LogP contribution is -2.02. The lowest BCUT2D eigenvalue weighted by atomic mass is 9.93. The minimum absolute atomic E-state index is 0.606. The van der Waals surface area contributed by atoms with Crippen LogP contribution in [0, 0.1) is 0 Å². The third kappa shape index (κ3) is 4.93. The second-order valence-corrected chi connectivity index (χ2v) is 11.7. The van der Waals surface area contributed by atoms with Crippen molar-refractivity contribution in [2.75, 3.05) is 0 Å². The zero-order chi connectivity index (χ0) is 31.2. The average Bonchev–Trinajstić information content (AvgIpc) is 3.15. The molecule has 8 aromatic rings. The quantitative estimate of drug-likeness (QED) is 0.197. The molecule has 47 heavy (non-hydrogen) atoms. The van der Waals surface area contributed by atoms with E-state index in [0.717, 1.165) is 72.3 Å². The highest BCUT2D eigenvalue weighted by molar-refractivity contribution is 6.04. The van der Waals surface area contributed by atoms with E-state index in [4.69, 9.17) is 19.7 Å². The average molecular weight is 602 g/mol. The topological polar surface area (TPSA) is 47.9 Å². The van der Waals surface area contributed by atoms with Crippen LogP contribution in [0.4, 0.5) is 0 Å². The predicted molar refractivity (Wildman–Crippen MR) is 190 cm³/mol. The van der Waals surface area contributed by atoms with Gasteiger partial charge >= 0.3 is 0 Å². The largest absolute Gasteiger partial charge is 0.456 e. The van der Waals surface area contributed by atoms with Crippen molar-refractivity contribution in [3.05, 3.63) is 164 Å². The van der Waals surface area contributed by atoms with Gasteiger partial charge in [-0.15, -0.1) is 0 Å². The van der Waals surface area contributed by atoms with Gasteiger partial charge in [0.2, 0.25) is 0 Å². The first-order valence-electron chi connectivity index (χ1n) is 15.7. The first-order chi connectivity index (χ1) is 23.3. The van der Waals surface area contributed by atoms with Gasteiger partial charge in [0.15, 0.2) is 17.5 Å². The van der Waals surface area contributed by atoms with Gasteiger partial charge in [0.1, 0.15) is 11.5 Å². The van der Waals surface area contributed by atoms with Crippen LogP contribution in [0.15, 0.2) is 164 Å². The van der Waals surface area contributed by atoms with E-state index in [1.807, 2.05) is 66.7 Å². The Hall–Kier alpha value is -6.39. The molecule has 2 heterocycles. The molecule has 0 N–H and O–H groups in total. The molecule has 7 aromatic carbocycles. The summed E-state index contributed by atoms with van der Waals surface area (Å²) in [6.45, 7) is 0. The SMILES string of the molecule is c1ccc(-c2cc(-c3ccccc3)cc(-c3nc(-c4ccccc4)nc(-c4ccc5c(c4)-c4cccc6cccc(c46)O5)n3)c2)cc1. The van der Waals surface area contributed by atoms with Gasteiger partial charge in [0.05, 0.1) is 0 Å². The molecule has 0 bridgehead atoms. The number of hydrogen-bond acceptors (Lipinski definition) is 4. The van der Waals surface area contributed by atoms with Crippen LogP contribution in [0.25, 0.3) is 78.3 Å². The second-order valence-electron chi connectivity index (χ2n) is 11.7. The van der Waals surface area contributed by atoms with E-state index in [-0.39, 0.29) is 0 Å². The maximum atomic E-state index is 6.38. The van der Waals surface area contributed by atoms with Gasteiger partial charge in [-0.05, 0) is 75.7 Å². The molecule has 0 radical (unpaired) electrons. The smallest absolute Gasteiger partial charge is 0.164 e. The van der Waals surface area contributed by atoms with Crippen molar-refractivity contribution in [1.82, 2.24) is 15.0 Å². The lowest BCUT2D eigenvalue weighted by molar-refractivity contribution is 0.487. The molecule has 1 aromatic heterocycles. The normalized spacial score (nSPS) is 11.6. The van der Waals surface area contributed by atoms with Gasteiger partial charge in [-0.3, -0.25) is 0 Å². The third-order valence-electron chi connectivity index (χ3n) is 8.69. The van der Waals surface area contributed by atoms with Crippen LogP contribution in [0.1, 0.15) is 0 Å². The number of nitrogens with zero attached hydrogens (tertiary/aromatic N) is 3. The maximum absolute atomic E-state index is 6.38. The molecule has 9 rings (SSSR count). The molecule has 4 heteroatoms. The first kappa shape index (κ1) is 27.0. The summed E-state index contributed by atoms with van der Waals surface area (Å²) in [5.74, 6) is 3.54. The van der Waals surface area contributed by atoms with E-state index in [1.165, 1.54) is 0 Å². The van der Waals surface area contributed by atoms with Crippen molar-refractivity contribution in [1.29, 1.82) is 0 Å². The van der Waals surface area contributed by atoms with E-state index in [9.17, 15) is 0 Å². The van der Waals surface area contributed by atoms with Crippen molar-refractivity contribution >= 4 is 10.8 Å². The second kappa shape index (κ2) is 11.2. The van der Waals surface area contributed by atoms with E-state index in [1.54, 1.807) is 0 Å². The summed E-state index contributed by atoms with van der Waals surface area (Å²) in [6.07, 6.45) is 0. The summed E-state index contributed by atoms with van der Waals surface area (Å²) in [5.41, 5.74) is 9.37. The number of fused-ring (bicyclic) bond motifs is 2. The standard InChI is InChI=1S/C43H27N3O/c1-4-12-28(13-5-1)33-24-34(29-14-6-2-7-15-29)26-35(25-33)43-45-41(31-16-8-3-9-17-31)44-42(46-43)32-22-23-38-37(27-32)36-20-10-18-30-19-11-21-39(47-38)40(30)36/h1-27H. The van der Waals surface area contributed by atoms with E-state index >= 15 is 0 Å². The summed E-state index contributed by atoms with van der Waals surface area (Å²) in [5, 5.41) is 2.27. The Bertz CT molecular complexity index is 2360. The van der Waals surface area contributed by atoms with Gasteiger partial charge < -0.3 is 4.74 Å². The van der Waals surface area contributed by atoms with Gasteiger partial charge in [-0.25, -0.2) is 15.0 Å². The fourth-order valence-electron chi connectivity index (χ4n) is 6.40. The molecule has 4 nitrogen and oxygen atoms in total. The highest BCUT2D eigenvalue weighted by Gasteiger charge is 2.22. The van der Waals surface area contributed by atoms with Crippen LogP contribution in [-0.4, -0.2) is 15.0 Å². The molecule has 0 amide bonds. The number of ether oxygens (including phenoxy) is 1. The highest BCUT2D eigenvalue weighted by Crippen LogP contribution is 2.47. The number of rotatable bonds is 5. The molecular weight excluding hydrogens is 574 g/mol. The van der Waals surface area contributed by atoms with Gasteiger partial charge in [0, 0.05) is 27.6 Å². The molecule has 1 aliphatic rings. The van der Waals surface area contributed by atoms with E-state index in [2.05, 4.69) is 97.1 Å². The van der Waals surface area contributed by atoms with Crippen LogP contribution in [0.3, 0.4) is 0 Å². The molecule has 0 fully saturated rings. The van der Waals surface area contributed by atoms with Gasteiger partial charge in [-0.1, -0.05) is 121 Å². The number of aromatic nitrogens is 3. The molecule has 0 spiro atoms. The third-order valence-corrected chi connectivity index (χ3v) is 8.69. The van der Waals surface area contributed by atoms with Gasteiger partial charge in [0.25, 0.3) is 0 Å². The lowest BCUT2D eigenvalue weighted by Gasteiger charge is -2.21. The van der Waals surface area contributed by atoms with E-state index in [0.29, 0.717) is 17.5 Å². The Balaban J connectivity index is 1.25. The van der Waals surface area contributed by atoms with Crippen molar-refractivity contribution in [3.63, 3.8) is 0 Å². The summed E-state index contributed by atoms with van der Waals surface area (Å²) in [4.78, 5) is 15.3. The van der Waals surface area contributed by atoms with Gasteiger partial charge in [-0.2, -0.15) is 0 Å². The van der Waals surface area contributed by atoms with E-state index < -0.39 is 0 Å². The molecule has 0 saturated carbocycles. The predicted octanol–water partition coefficient (Wildman–Crippen LogP) is 11.1. The van der Waals surface area contributed by atoms with Crippen molar-refractivity contribution < 1.29 is 4.74 Å². The van der Waals surface area contributed by atoms with Crippen LogP contribution < -0.4 is 4.74 Å². The van der Waals surface area contributed by atoms with Crippen molar-refractivity contribution in [2.45, 2.75) is 0 Å². The van der Waals surface area contributed by atoms with Crippen molar-refractivity contribution in [3.8, 4) is 79.0 Å². The maximum Gasteiger partial charge on any atom is 0.164 e. The molecule has 0 aliphatic carbocycles. The fourth-order valence-corrected chi connectivity index (χ4v) is 6.40. The summed E-state index contributed by atoms with van der Waals surface area (Å²) in [6, 6.07) is 56.3. The summed E-state index contributed by atoms with van der Waals surface area (Å²) in [7, 11) is 0. The molecule has 0 saturated heterocycles. The number of hydrogen-bond donors (Lipinski definition) is 0. The van der Waals surface area contributed by atoms with Crippen LogP contribution >= 0.6 is 0 Å². The zero-order valence-electron chi connectivity index (χ0n) is 25.3. The summed E-state index contributed by atoms with van der Waals surface area (Å²) < 4.78 is 6.38. The first-order valence-corrected chi connectivity index (χ1v) is 15.7.